The van der Waals surface area contributed by atoms with Crippen LogP contribution in [0.2, 0.25) is 0 Å². The zero-order valence-electron chi connectivity index (χ0n) is 12.0. The first-order valence-electron chi connectivity index (χ1n) is 6.83. The van der Waals surface area contributed by atoms with Gasteiger partial charge in [-0.15, -0.1) is 0 Å². The molecule has 2 N–H and O–H groups in total. The second-order valence-corrected chi connectivity index (χ2v) is 7.21. The predicted octanol–water partition coefficient (Wildman–Crippen LogP) is 1.59. The summed E-state index contributed by atoms with van der Waals surface area (Å²) in [7, 11) is -0.409. The van der Waals surface area contributed by atoms with E-state index >= 15 is 0 Å². The molecule has 6 heteroatoms. The molecular weight excluding hydrogens is 276 g/mol. The Morgan fingerprint density at radius 2 is 1.80 bits per heavy atom. The fourth-order valence-electron chi connectivity index (χ4n) is 2.65. The first kappa shape index (κ1) is 15.3. The smallest absolute Gasteiger partial charge is 0.246 e. The van der Waals surface area contributed by atoms with Crippen LogP contribution in [0.15, 0.2) is 29.2 Å². The van der Waals surface area contributed by atoms with Crippen molar-refractivity contribution < 1.29 is 13.2 Å². The van der Waals surface area contributed by atoms with Crippen molar-refractivity contribution in [2.75, 3.05) is 14.2 Å². The maximum atomic E-state index is 12.7. The standard InChI is InChI=1S/C14H22N2O3S/c1-16(12-9-7-11(15)8-10-12)20(17,18)14-6-4-3-5-13(14)19-2/h3-6,11-12H,7-10,15H2,1-2H3. The van der Waals surface area contributed by atoms with Gasteiger partial charge in [-0.1, -0.05) is 12.1 Å². The van der Waals surface area contributed by atoms with Crippen LogP contribution in [0, 0.1) is 0 Å². The summed E-state index contributed by atoms with van der Waals surface area (Å²) >= 11 is 0. The Morgan fingerprint density at radius 3 is 2.40 bits per heavy atom. The third-order valence-electron chi connectivity index (χ3n) is 3.98. The molecule has 1 fully saturated rings. The summed E-state index contributed by atoms with van der Waals surface area (Å²) in [5, 5.41) is 0. The van der Waals surface area contributed by atoms with E-state index in [1.54, 1.807) is 31.3 Å². The van der Waals surface area contributed by atoms with Gasteiger partial charge in [0.2, 0.25) is 10.0 Å². The van der Waals surface area contributed by atoms with Crippen LogP contribution in [0.4, 0.5) is 0 Å². The molecule has 0 radical (unpaired) electrons. The van der Waals surface area contributed by atoms with Crippen LogP contribution in [0.25, 0.3) is 0 Å². The van der Waals surface area contributed by atoms with Crippen molar-refractivity contribution in [3.05, 3.63) is 24.3 Å². The Bertz CT molecular complexity index is 551. The molecule has 112 valence electrons. The van der Waals surface area contributed by atoms with Gasteiger partial charge in [0.05, 0.1) is 7.11 Å². The molecule has 1 aliphatic rings. The number of nitrogens with zero attached hydrogens (tertiary/aromatic N) is 1. The SMILES string of the molecule is COc1ccccc1S(=O)(=O)N(C)C1CCC(N)CC1. The molecule has 1 aromatic carbocycles. The van der Waals surface area contributed by atoms with Gasteiger partial charge in [-0.3, -0.25) is 0 Å². The van der Waals surface area contributed by atoms with Gasteiger partial charge < -0.3 is 10.5 Å². The van der Waals surface area contributed by atoms with E-state index in [0.717, 1.165) is 25.7 Å². The molecular formula is C14H22N2O3S. The molecule has 2 rings (SSSR count). The molecule has 20 heavy (non-hydrogen) atoms. The summed E-state index contributed by atoms with van der Waals surface area (Å²) in [6, 6.07) is 6.94. The Kier molecular flexibility index (Phi) is 4.67. The lowest BCUT2D eigenvalue weighted by Crippen LogP contribution is -2.41. The Morgan fingerprint density at radius 1 is 1.20 bits per heavy atom. The molecule has 1 saturated carbocycles. The average molecular weight is 298 g/mol. The molecule has 0 aliphatic heterocycles. The third-order valence-corrected chi connectivity index (χ3v) is 5.93. The largest absolute Gasteiger partial charge is 0.495 e. The molecule has 0 heterocycles. The molecule has 5 nitrogen and oxygen atoms in total. The summed E-state index contributed by atoms with van der Waals surface area (Å²) in [6.07, 6.45) is 3.37. The first-order valence-corrected chi connectivity index (χ1v) is 8.27. The number of rotatable bonds is 4. The van der Waals surface area contributed by atoms with E-state index in [9.17, 15) is 8.42 Å². The van der Waals surface area contributed by atoms with E-state index in [2.05, 4.69) is 0 Å². The second-order valence-electron chi connectivity index (χ2n) is 5.24. The third kappa shape index (κ3) is 2.97. The highest BCUT2D eigenvalue weighted by Gasteiger charge is 2.32. The highest BCUT2D eigenvalue weighted by Crippen LogP contribution is 2.30. The monoisotopic (exact) mass is 298 g/mol. The number of nitrogens with two attached hydrogens (primary N) is 1. The molecule has 1 aliphatic carbocycles. The van der Waals surface area contributed by atoms with Crippen molar-refractivity contribution in [2.24, 2.45) is 5.73 Å². The summed E-state index contributed by atoms with van der Waals surface area (Å²) in [4.78, 5) is 0.222. The van der Waals surface area contributed by atoms with Crippen molar-refractivity contribution in [1.82, 2.24) is 4.31 Å². The summed E-state index contributed by atoms with van der Waals surface area (Å²) < 4.78 is 32.0. The van der Waals surface area contributed by atoms with Crippen LogP contribution in [0.1, 0.15) is 25.7 Å². The van der Waals surface area contributed by atoms with Crippen LogP contribution in [-0.4, -0.2) is 39.0 Å². The highest BCUT2D eigenvalue weighted by molar-refractivity contribution is 7.89. The topological polar surface area (TPSA) is 72.6 Å². The number of benzene rings is 1. The molecule has 0 amide bonds. The van der Waals surface area contributed by atoms with Gasteiger partial charge in [0.25, 0.3) is 0 Å². The van der Waals surface area contributed by atoms with Gasteiger partial charge in [0.1, 0.15) is 10.6 Å². The van der Waals surface area contributed by atoms with Crippen molar-refractivity contribution in [1.29, 1.82) is 0 Å². The maximum absolute atomic E-state index is 12.7. The van der Waals surface area contributed by atoms with Gasteiger partial charge >= 0.3 is 0 Å². The van der Waals surface area contributed by atoms with Crippen LogP contribution < -0.4 is 10.5 Å². The Labute approximate surface area is 120 Å². The van der Waals surface area contributed by atoms with E-state index in [1.165, 1.54) is 11.4 Å². The van der Waals surface area contributed by atoms with Crippen LogP contribution in [-0.2, 0) is 10.0 Å². The van der Waals surface area contributed by atoms with Crippen LogP contribution in [0.5, 0.6) is 5.75 Å². The van der Waals surface area contributed by atoms with Crippen LogP contribution >= 0.6 is 0 Å². The fraction of sp³-hybridized carbons (Fsp3) is 0.571. The normalized spacial score (nSPS) is 23.8. The Hall–Kier alpha value is -1.11. The van der Waals surface area contributed by atoms with E-state index < -0.39 is 10.0 Å². The number of ether oxygens (including phenoxy) is 1. The lowest BCUT2D eigenvalue weighted by atomic mass is 9.92. The molecule has 0 spiro atoms. The van der Waals surface area contributed by atoms with Gasteiger partial charge in [-0.2, -0.15) is 4.31 Å². The minimum absolute atomic E-state index is 0.0183. The zero-order chi connectivity index (χ0) is 14.8. The number of methoxy groups -OCH3 is 1. The lowest BCUT2D eigenvalue weighted by molar-refractivity contribution is 0.268. The number of hydrogen-bond donors (Lipinski definition) is 1. The molecule has 0 unspecified atom stereocenters. The lowest BCUT2D eigenvalue weighted by Gasteiger charge is -2.32. The molecule has 0 saturated heterocycles. The molecule has 0 bridgehead atoms. The van der Waals surface area contributed by atoms with E-state index in [-0.39, 0.29) is 17.0 Å². The Balaban J connectivity index is 2.25. The molecule has 1 aromatic rings. The summed E-state index contributed by atoms with van der Waals surface area (Å²) in [6.45, 7) is 0. The molecule has 0 atom stereocenters. The van der Waals surface area contributed by atoms with Crippen molar-refractivity contribution >= 4 is 10.0 Å². The maximum Gasteiger partial charge on any atom is 0.246 e. The second kappa shape index (κ2) is 6.11. The zero-order valence-corrected chi connectivity index (χ0v) is 12.8. The van der Waals surface area contributed by atoms with Gasteiger partial charge in [0, 0.05) is 19.1 Å². The number of para-hydroxylation sites is 1. The van der Waals surface area contributed by atoms with Gasteiger partial charge in [-0.25, -0.2) is 8.42 Å². The molecule has 0 aromatic heterocycles. The number of hydrogen-bond acceptors (Lipinski definition) is 4. The van der Waals surface area contributed by atoms with Crippen molar-refractivity contribution in [3.8, 4) is 5.75 Å². The number of sulfonamides is 1. The summed E-state index contributed by atoms with van der Waals surface area (Å²) in [5.74, 6) is 0.381. The summed E-state index contributed by atoms with van der Waals surface area (Å²) in [5.41, 5.74) is 5.87. The van der Waals surface area contributed by atoms with E-state index in [0.29, 0.717) is 5.75 Å². The average Bonchev–Trinajstić information content (AvgIpc) is 2.47. The van der Waals surface area contributed by atoms with E-state index in [1.807, 2.05) is 0 Å². The van der Waals surface area contributed by atoms with Crippen molar-refractivity contribution in [2.45, 2.75) is 42.7 Å². The highest BCUT2D eigenvalue weighted by atomic mass is 32.2. The van der Waals surface area contributed by atoms with Crippen LogP contribution in [0.3, 0.4) is 0 Å². The van der Waals surface area contributed by atoms with Gasteiger partial charge in [-0.05, 0) is 37.8 Å². The van der Waals surface area contributed by atoms with E-state index in [4.69, 9.17) is 10.5 Å². The predicted molar refractivity (Wildman–Crippen MR) is 78.2 cm³/mol. The first-order chi connectivity index (χ1) is 9.46. The quantitative estimate of drug-likeness (QED) is 0.916. The van der Waals surface area contributed by atoms with Gasteiger partial charge in [0.15, 0.2) is 0 Å². The minimum atomic E-state index is -3.53. The minimum Gasteiger partial charge on any atom is -0.495 e. The fourth-order valence-corrected chi connectivity index (χ4v) is 4.22. The van der Waals surface area contributed by atoms with Crippen molar-refractivity contribution in [3.63, 3.8) is 0 Å².